The highest BCUT2D eigenvalue weighted by Gasteiger charge is 2.21. The number of carbonyl (C=O) groups excluding carboxylic acids is 1. The van der Waals surface area contributed by atoms with Gasteiger partial charge in [-0.25, -0.2) is 0 Å². The van der Waals surface area contributed by atoms with Gasteiger partial charge in [-0.3, -0.25) is 4.79 Å². The Kier molecular flexibility index (Phi) is 5.60. The van der Waals surface area contributed by atoms with Crippen molar-refractivity contribution < 1.29 is 4.79 Å². The highest BCUT2D eigenvalue weighted by atomic mass is 16.2. The average molecular weight is 274 g/mol. The summed E-state index contributed by atoms with van der Waals surface area (Å²) in [5.74, 6) is 0.275. The van der Waals surface area contributed by atoms with E-state index < -0.39 is 0 Å². The third-order valence-electron chi connectivity index (χ3n) is 4.31. The maximum Gasteiger partial charge on any atom is 0.222 e. The number of benzene rings is 1. The number of aryl methyl sites for hydroxylation is 2. The van der Waals surface area contributed by atoms with Crippen LogP contribution in [0.3, 0.4) is 0 Å². The largest absolute Gasteiger partial charge is 0.343 e. The summed E-state index contributed by atoms with van der Waals surface area (Å²) in [6.45, 7) is 4.22. The minimum absolute atomic E-state index is 0.275. The molecule has 0 bridgehead atoms. The molecular formula is C17H26N2O. The molecule has 1 fully saturated rings. The molecule has 2 rings (SSSR count). The van der Waals surface area contributed by atoms with Gasteiger partial charge in [-0.1, -0.05) is 31.2 Å². The van der Waals surface area contributed by atoms with E-state index in [2.05, 4.69) is 36.5 Å². The molecule has 1 aromatic rings. The first-order valence-corrected chi connectivity index (χ1v) is 7.75. The van der Waals surface area contributed by atoms with E-state index in [-0.39, 0.29) is 5.91 Å². The minimum Gasteiger partial charge on any atom is -0.343 e. The van der Waals surface area contributed by atoms with Gasteiger partial charge in [0, 0.05) is 19.5 Å². The monoisotopic (exact) mass is 274 g/mol. The van der Waals surface area contributed by atoms with E-state index in [4.69, 9.17) is 0 Å². The van der Waals surface area contributed by atoms with Crippen LogP contribution in [0.2, 0.25) is 0 Å². The first-order valence-electron chi connectivity index (χ1n) is 7.75. The molecule has 0 aromatic heterocycles. The molecule has 20 heavy (non-hydrogen) atoms. The van der Waals surface area contributed by atoms with Gasteiger partial charge in [0.15, 0.2) is 0 Å². The normalized spacial score (nSPS) is 16.1. The SMILES string of the molecule is CCc1ccc(CCC(=O)N(C)C2CCNCC2)cc1. The van der Waals surface area contributed by atoms with Crippen molar-refractivity contribution in [1.29, 1.82) is 0 Å². The Balaban J connectivity index is 1.81. The van der Waals surface area contributed by atoms with Gasteiger partial charge in [-0.05, 0) is 49.9 Å². The molecule has 1 saturated heterocycles. The molecule has 0 unspecified atom stereocenters. The lowest BCUT2D eigenvalue weighted by Crippen LogP contribution is -2.44. The van der Waals surface area contributed by atoms with Crippen LogP contribution in [0, 0.1) is 0 Å². The second-order valence-corrected chi connectivity index (χ2v) is 5.66. The molecule has 0 spiro atoms. The highest BCUT2D eigenvalue weighted by Crippen LogP contribution is 2.13. The third kappa shape index (κ3) is 4.07. The number of piperidine rings is 1. The summed E-state index contributed by atoms with van der Waals surface area (Å²) in [4.78, 5) is 14.2. The number of nitrogens with zero attached hydrogens (tertiary/aromatic N) is 1. The standard InChI is InChI=1S/C17H26N2O/c1-3-14-4-6-15(7-5-14)8-9-17(20)19(2)16-10-12-18-13-11-16/h4-7,16,18H,3,8-13H2,1-2H3. The van der Waals surface area contributed by atoms with Crippen molar-refractivity contribution in [2.75, 3.05) is 20.1 Å². The smallest absolute Gasteiger partial charge is 0.222 e. The van der Waals surface area contributed by atoms with Crippen molar-refractivity contribution in [3.8, 4) is 0 Å². The van der Waals surface area contributed by atoms with Crippen LogP contribution in [0.5, 0.6) is 0 Å². The molecule has 3 heteroatoms. The maximum atomic E-state index is 12.2. The number of nitrogens with one attached hydrogen (secondary N) is 1. The van der Waals surface area contributed by atoms with E-state index in [9.17, 15) is 4.79 Å². The van der Waals surface area contributed by atoms with E-state index in [1.54, 1.807) is 0 Å². The van der Waals surface area contributed by atoms with Gasteiger partial charge in [-0.15, -0.1) is 0 Å². The fourth-order valence-electron chi connectivity index (χ4n) is 2.77. The molecule has 3 nitrogen and oxygen atoms in total. The van der Waals surface area contributed by atoms with Gasteiger partial charge < -0.3 is 10.2 Å². The quantitative estimate of drug-likeness (QED) is 0.894. The van der Waals surface area contributed by atoms with Gasteiger partial charge in [0.05, 0.1) is 0 Å². The Morgan fingerprint density at radius 3 is 2.40 bits per heavy atom. The maximum absolute atomic E-state index is 12.2. The number of carbonyl (C=O) groups is 1. The van der Waals surface area contributed by atoms with Crippen molar-refractivity contribution in [2.45, 2.75) is 45.1 Å². The molecule has 110 valence electrons. The van der Waals surface area contributed by atoms with Crippen LogP contribution < -0.4 is 5.32 Å². The Labute approximate surface area is 122 Å². The summed E-state index contributed by atoms with van der Waals surface area (Å²) < 4.78 is 0. The van der Waals surface area contributed by atoms with Gasteiger partial charge in [-0.2, -0.15) is 0 Å². The predicted octanol–water partition coefficient (Wildman–Crippen LogP) is 2.39. The van der Waals surface area contributed by atoms with Crippen molar-refractivity contribution in [3.63, 3.8) is 0 Å². The third-order valence-corrected chi connectivity index (χ3v) is 4.31. The summed E-state index contributed by atoms with van der Waals surface area (Å²) in [7, 11) is 1.96. The van der Waals surface area contributed by atoms with Crippen molar-refractivity contribution >= 4 is 5.91 Å². The molecule has 1 N–H and O–H groups in total. The predicted molar refractivity (Wildman–Crippen MR) is 82.8 cm³/mol. The Bertz CT molecular complexity index is 421. The van der Waals surface area contributed by atoms with Crippen LogP contribution in [0.15, 0.2) is 24.3 Å². The van der Waals surface area contributed by atoms with Crippen LogP contribution in [0.25, 0.3) is 0 Å². The van der Waals surface area contributed by atoms with Gasteiger partial charge in [0.1, 0.15) is 0 Å². The zero-order chi connectivity index (χ0) is 14.4. The first kappa shape index (κ1) is 15.0. The highest BCUT2D eigenvalue weighted by molar-refractivity contribution is 5.76. The lowest BCUT2D eigenvalue weighted by molar-refractivity contribution is -0.132. The summed E-state index contributed by atoms with van der Waals surface area (Å²) in [5.41, 5.74) is 2.61. The number of hydrogen-bond acceptors (Lipinski definition) is 2. The second-order valence-electron chi connectivity index (χ2n) is 5.66. The molecule has 0 saturated carbocycles. The van der Waals surface area contributed by atoms with Crippen molar-refractivity contribution in [2.24, 2.45) is 0 Å². The topological polar surface area (TPSA) is 32.3 Å². The van der Waals surface area contributed by atoms with E-state index in [1.807, 2.05) is 11.9 Å². The fraction of sp³-hybridized carbons (Fsp3) is 0.588. The second kappa shape index (κ2) is 7.44. The fourth-order valence-corrected chi connectivity index (χ4v) is 2.77. The average Bonchev–Trinajstić information content (AvgIpc) is 2.53. The van der Waals surface area contributed by atoms with E-state index in [0.717, 1.165) is 38.8 Å². The zero-order valence-corrected chi connectivity index (χ0v) is 12.7. The van der Waals surface area contributed by atoms with E-state index >= 15 is 0 Å². The summed E-state index contributed by atoms with van der Waals surface area (Å²) in [6, 6.07) is 9.05. The van der Waals surface area contributed by atoms with Gasteiger partial charge in [0.25, 0.3) is 0 Å². The number of hydrogen-bond donors (Lipinski definition) is 1. The molecule has 1 aliphatic rings. The Hall–Kier alpha value is -1.35. The Morgan fingerprint density at radius 1 is 1.20 bits per heavy atom. The summed E-state index contributed by atoms with van der Waals surface area (Å²) in [5, 5.41) is 3.34. The lowest BCUT2D eigenvalue weighted by Gasteiger charge is -2.31. The van der Waals surface area contributed by atoms with Crippen LogP contribution in [0.1, 0.15) is 37.3 Å². The van der Waals surface area contributed by atoms with Crippen LogP contribution in [-0.4, -0.2) is 37.0 Å². The summed E-state index contributed by atoms with van der Waals surface area (Å²) in [6.07, 6.45) is 4.68. The molecule has 0 aliphatic carbocycles. The van der Waals surface area contributed by atoms with Gasteiger partial charge in [0.2, 0.25) is 5.91 Å². The Morgan fingerprint density at radius 2 is 1.80 bits per heavy atom. The van der Waals surface area contributed by atoms with Gasteiger partial charge >= 0.3 is 0 Å². The summed E-state index contributed by atoms with van der Waals surface area (Å²) >= 11 is 0. The van der Waals surface area contributed by atoms with E-state index in [1.165, 1.54) is 11.1 Å². The lowest BCUT2D eigenvalue weighted by atomic mass is 10.0. The minimum atomic E-state index is 0.275. The molecule has 1 amide bonds. The molecular weight excluding hydrogens is 248 g/mol. The molecule has 1 aromatic carbocycles. The van der Waals surface area contributed by atoms with Crippen molar-refractivity contribution in [3.05, 3.63) is 35.4 Å². The van der Waals surface area contributed by atoms with Crippen LogP contribution >= 0.6 is 0 Å². The van der Waals surface area contributed by atoms with E-state index in [0.29, 0.717) is 12.5 Å². The molecule has 0 radical (unpaired) electrons. The van der Waals surface area contributed by atoms with Crippen LogP contribution in [-0.2, 0) is 17.6 Å². The number of amides is 1. The van der Waals surface area contributed by atoms with Crippen molar-refractivity contribution in [1.82, 2.24) is 10.2 Å². The molecule has 1 heterocycles. The first-order chi connectivity index (χ1) is 9.70. The molecule has 0 atom stereocenters. The zero-order valence-electron chi connectivity index (χ0n) is 12.7. The molecule has 1 aliphatic heterocycles. The number of rotatable bonds is 5. The van der Waals surface area contributed by atoms with Crippen LogP contribution in [0.4, 0.5) is 0 Å².